The van der Waals surface area contributed by atoms with E-state index in [2.05, 4.69) is 5.32 Å². The molecule has 1 aliphatic rings. The normalized spacial score (nSPS) is 24.7. The summed E-state index contributed by atoms with van der Waals surface area (Å²) in [5.41, 5.74) is -0.403. The first-order valence-electron chi connectivity index (χ1n) is 7.21. The summed E-state index contributed by atoms with van der Waals surface area (Å²) in [6.45, 7) is 7.04. The molecule has 1 fully saturated rings. The van der Waals surface area contributed by atoms with Gasteiger partial charge in [-0.2, -0.15) is 0 Å². The molecular formula is C16H23FN2O2. The first kappa shape index (κ1) is 15.8. The molecule has 0 aromatic heterocycles. The summed E-state index contributed by atoms with van der Waals surface area (Å²) in [7, 11) is 0. The lowest BCUT2D eigenvalue weighted by Crippen LogP contribution is -2.58. The molecule has 1 heterocycles. The average Bonchev–Trinajstić information content (AvgIpc) is 2.39. The van der Waals surface area contributed by atoms with E-state index in [0.717, 1.165) is 5.56 Å². The van der Waals surface area contributed by atoms with Gasteiger partial charge in [0.15, 0.2) is 0 Å². The van der Waals surface area contributed by atoms with E-state index in [1.165, 1.54) is 12.1 Å². The molecule has 1 atom stereocenters. The van der Waals surface area contributed by atoms with Crippen molar-refractivity contribution in [2.45, 2.75) is 39.3 Å². The summed E-state index contributed by atoms with van der Waals surface area (Å²) in [4.78, 5) is 13.9. The smallest absolute Gasteiger partial charge is 0.317 e. The number of carbonyl (C=O) groups excluding carboxylic acids is 1. The highest BCUT2D eigenvalue weighted by molar-refractivity contribution is 5.74. The van der Waals surface area contributed by atoms with Crippen LogP contribution in [0.2, 0.25) is 0 Å². The molecule has 0 unspecified atom stereocenters. The minimum atomic E-state index is -0.771. The molecule has 116 valence electrons. The molecule has 0 radical (unpaired) electrons. The topological polar surface area (TPSA) is 52.6 Å². The third-order valence-corrected chi connectivity index (χ3v) is 4.53. The molecule has 1 aromatic carbocycles. The van der Waals surface area contributed by atoms with E-state index >= 15 is 0 Å². The number of amides is 2. The van der Waals surface area contributed by atoms with Gasteiger partial charge < -0.3 is 15.3 Å². The van der Waals surface area contributed by atoms with Crippen LogP contribution < -0.4 is 5.32 Å². The van der Waals surface area contributed by atoms with Crippen molar-refractivity contribution < 1.29 is 14.3 Å². The summed E-state index contributed by atoms with van der Waals surface area (Å²) in [6.07, 6.45) is 0.549. The third kappa shape index (κ3) is 3.53. The SMILES string of the molecule is CC1(C)CN(C(=O)NCc2cccc(F)c2)CC[C@@]1(C)O. The Morgan fingerprint density at radius 2 is 2.14 bits per heavy atom. The number of likely N-dealkylation sites (tertiary alicyclic amines) is 1. The van der Waals surface area contributed by atoms with Crippen LogP contribution >= 0.6 is 0 Å². The second-order valence-corrected chi connectivity index (χ2v) is 6.62. The summed E-state index contributed by atoms with van der Waals surface area (Å²) in [6, 6.07) is 6.00. The Labute approximate surface area is 125 Å². The van der Waals surface area contributed by atoms with E-state index in [4.69, 9.17) is 0 Å². The van der Waals surface area contributed by atoms with Gasteiger partial charge in [-0.15, -0.1) is 0 Å². The first-order chi connectivity index (χ1) is 9.71. The Morgan fingerprint density at radius 3 is 2.76 bits per heavy atom. The minimum Gasteiger partial charge on any atom is -0.389 e. The predicted octanol–water partition coefficient (Wildman–Crippen LogP) is 2.52. The van der Waals surface area contributed by atoms with E-state index in [-0.39, 0.29) is 17.3 Å². The van der Waals surface area contributed by atoms with Crippen LogP contribution in [0, 0.1) is 11.2 Å². The standard InChI is InChI=1S/C16H23FN2O2/c1-15(2)11-19(8-7-16(15,3)21)14(20)18-10-12-5-4-6-13(17)9-12/h4-6,9,21H,7-8,10-11H2,1-3H3,(H,18,20)/t16-/m1/s1. The predicted molar refractivity (Wildman–Crippen MR) is 79.2 cm³/mol. The van der Waals surface area contributed by atoms with E-state index in [0.29, 0.717) is 26.1 Å². The van der Waals surface area contributed by atoms with Crippen LogP contribution in [0.15, 0.2) is 24.3 Å². The molecule has 5 heteroatoms. The largest absolute Gasteiger partial charge is 0.389 e. The van der Waals surface area contributed by atoms with Crippen molar-refractivity contribution in [3.63, 3.8) is 0 Å². The van der Waals surface area contributed by atoms with Crippen LogP contribution in [0.25, 0.3) is 0 Å². The van der Waals surface area contributed by atoms with Gasteiger partial charge in [-0.05, 0) is 31.0 Å². The van der Waals surface area contributed by atoms with Crippen molar-refractivity contribution in [1.82, 2.24) is 10.2 Å². The molecule has 4 nitrogen and oxygen atoms in total. The van der Waals surface area contributed by atoms with Gasteiger partial charge in [0.1, 0.15) is 5.82 Å². The maximum Gasteiger partial charge on any atom is 0.317 e. The average molecular weight is 294 g/mol. The fraction of sp³-hybridized carbons (Fsp3) is 0.562. The molecule has 21 heavy (non-hydrogen) atoms. The fourth-order valence-corrected chi connectivity index (χ4v) is 2.53. The second kappa shape index (κ2) is 5.64. The molecular weight excluding hydrogens is 271 g/mol. The maximum atomic E-state index is 13.1. The summed E-state index contributed by atoms with van der Waals surface area (Å²) in [5, 5.41) is 13.1. The number of nitrogens with zero attached hydrogens (tertiary/aromatic N) is 1. The first-order valence-corrected chi connectivity index (χ1v) is 7.21. The number of hydrogen-bond donors (Lipinski definition) is 2. The number of benzene rings is 1. The molecule has 2 N–H and O–H groups in total. The molecule has 1 saturated heterocycles. The van der Waals surface area contributed by atoms with E-state index < -0.39 is 5.60 Å². The molecule has 0 bridgehead atoms. The molecule has 1 aliphatic heterocycles. The van der Waals surface area contributed by atoms with Crippen molar-refractivity contribution in [1.29, 1.82) is 0 Å². The van der Waals surface area contributed by atoms with Crippen molar-refractivity contribution in [3.8, 4) is 0 Å². The maximum absolute atomic E-state index is 13.1. The van der Waals surface area contributed by atoms with Gasteiger partial charge in [0, 0.05) is 25.0 Å². The number of carbonyl (C=O) groups is 1. The number of aliphatic hydroxyl groups is 1. The molecule has 2 amide bonds. The lowest BCUT2D eigenvalue weighted by molar-refractivity contribution is -0.0954. The zero-order valence-corrected chi connectivity index (χ0v) is 12.8. The summed E-state index contributed by atoms with van der Waals surface area (Å²) < 4.78 is 13.1. The van der Waals surface area contributed by atoms with Gasteiger partial charge in [-0.3, -0.25) is 0 Å². The molecule has 0 aliphatic carbocycles. The van der Waals surface area contributed by atoms with Gasteiger partial charge in [-0.1, -0.05) is 26.0 Å². The Kier molecular flexibility index (Phi) is 4.23. The zero-order valence-electron chi connectivity index (χ0n) is 12.8. The number of rotatable bonds is 2. The Bertz CT molecular complexity index is 529. The second-order valence-electron chi connectivity index (χ2n) is 6.62. The summed E-state index contributed by atoms with van der Waals surface area (Å²) >= 11 is 0. The van der Waals surface area contributed by atoms with Gasteiger partial charge in [0.25, 0.3) is 0 Å². The van der Waals surface area contributed by atoms with Gasteiger partial charge in [0.2, 0.25) is 0 Å². The molecule has 0 saturated carbocycles. The molecule has 2 rings (SSSR count). The molecule has 1 aromatic rings. The van der Waals surface area contributed by atoms with Crippen LogP contribution in [-0.4, -0.2) is 34.7 Å². The number of halogens is 1. The highest BCUT2D eigenvalue weighted by Gasteiger charge is 2.45. The highest BCUT2D eigenvalue weighted by Crippen LogP contribution is 2.38. The van der Waals surface area contributed by atoms with Gasteiger partial charge >= 0.3 is 6.03 Å². The van der Waals surface area contributed by atoms with Crippen LogP contribution in [0.1, 0.15) is 32.8 Å². The van der Waals surface area contributed by atoms with Crippen molar-refractivity contribution >= 4 is 6.03 Å². The van der Waals surface area contributed by atoms with Crippen LogP contribution in [0.4, 0.5) is 9.18 Å². The van der Waals surface area contributed by atoms with E-state index in [9.17, 15) is 14.3 Å². The number of urea groups is 1. The zero-order chi connectivity index (χ0) is 15.7. The molecule has 0 spiro atoms. The Morgan fingerprint density at radius 1 is 1.43 bits per heavy atom. The highest BCUT2D eigenvalue weighted by atomic mass is 19.1. The van der Waals surface area contributed by atoms with Crippen LogP contribution in [0.5, 0.6) is 0 Å². The Balaban J connectivity index is 1.93. The van der Waals surface area contributed by atoms with Crippen molar-refractivity contribution in [3.05, 3.63) is 35.6 Å². The number of piperidine rings is 1. The lowest BCUT2D eigenvalue weighted by atomic mass is 9.71. The number of nitrogens with one attached hydrogen (secondary N) is 1. The Hall–Kier alpha value is -1.62. The number of hydrogen-bond acceptors (Lipinski definition) is 2. The van der Waals surface area contributed by atoms with Gasteiger partial charge in [-0.25, -0.2) is 9.18 Å². The lowest BCUT2D eigenvalue weighted by Gasteiger charge is -2.48. The quantitative estimate of drug-likeness (QED) is 0.880. The van der Waals surface area contributed by atoms with Crippen LogP contribution in [-0.2, 0) is 6.54 Å². The minimum absolute atomic E-state index is 0.178. The fourth-order valence-electron chi connectivity index (χ4n) is 2.53. The van der Waals surface area contributed by atoms with E-state index in [1.54, 1.807) is 17.0 Å². The van der Waals surface area contributed by atoms with Crippen LogP contribution in [0.3, 0.4) is 0 Å². The van der Waals surface area contributed by atoms with E-state index in [1.807, 2.05) is 20.8 Å². The van der Waals surface area contributed by atoms with Gasteiger partial charge in [0.05, 0.1) is 5.60 Å². The van der Waals surface area contributed by atoms with Crippen molar-refractivity contribution in [2.75, 3.05) is 13.1 Å². The van der Waals surface area contributed by atoms with Crippen molar-refractivity contribution in [2.24, 2.45) is 5.41 Å². The third-order valence-electron chi connectivity index (χ3n) is 4.53. The monoisotopic (exact) mass is 294 g/mol. The summed E-state index contributed by atoms with van der Waals surface area (Å²) in [5.74, 6) is -0.308.